The number of carbonyl (C=O) groups is 3. The van der Waals surface area contributed by atoms with Gasteiger partial charge >= 0.3 is 11.9 Å². The molecule has 35 heavy (non-hydrogen) atoms. The zero-order chi connectivity index (χ0) is 25.0. The Morgan fingerprint density at radius 3 is 2.11 bits per heavy atom. The van der Waals surface area contributed by atoms with E-state index < -0.39 is 11.9 Å². The van der Waals surface area contributed by atoms with Crippen LogP contribution in [-0.4, -0.2) is 77.3 Å². The van der Waals surface area contributed by atoms with Gasteiger partial charge in [0.05, 0.1) is 13.2 Å². The highest BCUT2D eigenvalue weighted by Gasteiger charge is 2.29. The van der Waals surface area contributed by atoms with Crippen molar-refractivity contribution in [3.05, 3.63) is 65.7 Å². The largest absolute Gasteiger partial charge is 0.489 e. The van der Waals surface area contributed by atoms with E-state index >= 15 is 0 Å². The molecule has 2 N–H and O–H groups in total. The first kappa shape index (κ1) is 26.2. The van der Waals surface area contributed by atoms with Gasteiger partial charge in [0.2, 0.25) is 5.91 Å². The molecule has 2 aromatic rings. The second-order valence-corrected chi connectivity index (χ2v) is 8.52. The molecule has 2 fully saturated rings. The normalized spacial score (nSPS) is 16.6. The molecular weight excluding hydrogens is 452 g/mol. The number of benzene rings is 2. The van der Waals surface area contributed by atoms with E-state index in [-0.39, 0.29) is 5.92 Å². The van der Waals surface area contributed by atoms with Gasteiger partial charge in [0.15, 0.2) is 0 Å². The van der Waals surface area contributed by atoms with E-state index in [0.717, 1.165) is 51.3 Å². The minimum absolute atomic E-state index is 0.171. The van der Waals surface area contributed by atoms with Crippen LogP contribution in [-0.2, 0) is 32.3 Å². The molecule has 2 heterocycles. The average Bonchev–Trinajstić information content (AvgIpc) is 2.89. The van der Waals surface area contributed by atoms with Crippen LogP contribution in [0.2, 0.25) is 0 Å². The predicted molar refractivity (Wildman–Crippen MR) is 128 cm³/mol. The van der Waals surface area contributed by atoms with Crippen molar-refractivity contribution in [2.75, 3.05) is 39.4 Å². The van der Waals surface area contributed by atoms with Crippen LogP contribution in [0.5, 0.6) is 5.75 Å². The van der Waals surface area contributed by atoms with Gasteiger partial charge in [0.1, 0.15) is 12.4 Å². The topological polar surface area (TPSA) is 117 Å². The van der Waals surface area contributed by atoms with E-state index in [0.29, 0.717) is 25.7 Å². The Bertz CT molecular complexity index is 957. The summed E-state index contributed by atoms with van der Waals surface area (Å²) < 4.78 is 11.3. The summed E-state index contributed by atoms with van der Waals surface area (Å²) in [6.45, 7) is 6.26. The highest BCUT2D eigenvalue weighted by Crippen LogP contribution is 2.23. The molecule has 4 rings (SSSR count). The third kappa shape index (κ3) is 8.70. The molecule has 0 unspecified atom stereocenters. The fourth-order valence-corrected chi connectivity index (χ4v) is 4.11. The van der Waals surface area contributed by atoms with Crippen LogP contribution in [0.3, 0.4) is 0 Å². The zero-order valence-electron chi connectivity index (χ0n) is 19.7. The second-order valence-electron chi connectivity index (χ2n) is 8.52. The molecule has 0 aromatic heterocycles. The smallest absolute Gasteiger partial charge is 0.414 e. The van der Waals surface area contributed by atoms with E-state index in [4.69, 9.17) is 29.3 Å². The average molecular weight is 485 g/mol. The number of likely N-dealkylation sites (tertiary alicyclic amines) is 1. The molecule has 2 aromatic carbocycles. The summed E-state index contributed by atoms with van der Waals surface area (Å²) in [7, 11) is 0. The van der Waals surface area contributed by atoms with Crippen molar-refractivity contribution in [2.45, 2.75) is 26.0 Å². The number of carboxylic acid groups (broad SMARTS) is 2. The molecule has 0 spiro atoms. The summed E-state index contributed by atoms with van der Waals surface area (Å²) in [5, 5.41) is 14.8. The molecule has 0 bridgehead atoms. The minimum Gasteiger partial charge on any atom is -0.489 e. The number of carbonyl (C=O) groups excluding carboxylic acids is 1. The Hall–Kier alpha value is -3.43. The second kappa shape index (κ2) is 13.5. The molecule has 0 radical (unpaired) electrons. The Balaban J connectivity index is 0.000000509. The van der Waals surface area contributed by atoms with Crippen molar-refractivity contribution in [1.82, 2.24) is 9.80 Å². The van der Waals surface area contributed by atoms with Gasteiger partial charge < -0.3 is 24.6 Å². The number of ether oxygens (including phenoxy) is 2. The highest BCUT2D eigenvalue weighted by atomic mass is 16.5. The number of piperidine rings is 1. The zero-order valence-corrected chi connectivity index (χ0v) is 19.7. The third-order valence-corrected chi connectivity index (χ3v) is 6.00. The number of rotatable bonds is 6. The number of hydrogen-bond acceptors (Lipinski definition) is 6. The number of nitrogens with zero attached hydrogens (tertiary/aromatic N) is 2. The summed E-state index contributed by atoms with van der Waals surface area (Å²) in [6, 6.07) is 18.6. The van der Waals surface area contributed by atoms with Crippen molar-refractivity contribution in [1.29, 1.82) is 0 Å². The van der Waals surface area contributed by atoms with Gasteiger partial charge in [-0.25, -0.2) is 9.59 Å². The lowest BCUT2D eigenvalue weighted by Gasteiger charge is -2.35. The van der Waals surface area contributed by atoms with Gasteiger partial charge in [-0.1, -0.05) is 42.5 Å². The molecule has 0 atom stereocenters. The maximum atomic E-state index is 12.7. The summed E-state index contributed by atoms with van der Waals surface area (Å²) in [4.78, 5) is 35.3. The SMILES string of the molecule is O=C(C1CCN(Cc2cccc(OCc3ccccc3)c2)CC1)N1CCOCC1.O=C(O)C(=O)O. The molecule has 0 aliphatic carbocycles. The third-order valence-electron chi connectivity index (χ3n) is 6.00. The Kier molecular flexibility index (Phi) is 10.1. The standard InChI is InChI=1S/C24H30N2O3.C2H2O4/c27-24(26-13-15-28-16-14-26)22-9-11-25(12-10-22)18-21-7-4-8-23(17-21)29-19-20-5-2-1-3-6-20;3-1(4)2(5)6/h1-8,17,22H,9-16,18-19H2;(H,3,4)(H,5,6). The van der Waals surface area contributed by atoms with Crippen molar-refractivity contribution >= 4 is 17.8 Å². The fourth-order valence-electron chi connectivity index (χ4n) is 4.11. The predicted octanol–water partition coefficient (Wildman–Crippen LogP) is 2.49. The van der Waals surface area contributed by atoms with Crippen molar-refractivity contribution in [2.24, 2.45) is 5.92 Å². The lowest BCUT2D eigenvalue weighted by Crippen LogP contribution is -2.46. The first-order valence-electron chi connectivity index (χ1n) is 11.7. The first-order chi connectivity index (χ1) is 16.9. The number of aliphatic carboxylic acids is 2. The summed E-state index contributed by atoms with van der Waals surface area (Å²) >= 11 is 0. The van der Waals surface area contributed by atoms with Crippen LogP contribution < -0.4 is 4.74 Å². The van der Waals surface area contributed by atoms with E-state index in [1.807, 2.05) is 29.2 Å². The van der Waals surface area contributed by atoms with E-state index in [9.17, 15) is 4.79 Å². The van der Waals surface area contributed by atoms with Crippen LogP contribution >= 0.6 is 0 Å². The van der Waals surface area contributed by atoms with Crippen molar-refractivity contribution in [3.63, 3.8) is 0 Å². The quantitative estimate of drug-likeness (QED) is 0.601. The van der Waals surface area contributed by atoms with Crippen LogP contribution in [0, 0.1) is 5.92 Å². The molecule has 9 nitrogen and oxygen atoms in total. The number of morpholine rings is 1. The van der Waals surface area contributed by atoms with Crippen molar-refractivity contribution < 1.29 is 34.1 Å². The summed E-state index contributed by atoms with van der Waals surface area (Å²) in [5.74, 6) is -2.25. The highest BCUT2D eigenvalue weighted by molar-refractivity contribution is 6.27. The molecule has 9 heteroatoms. The number of hydrogen-bond donors (Lipinski definition) is 2. The maximum absolute atomic E-state index is 12.7. The Morgan fingerprint density at radius 1 is 0.857 bits per heavy atom. The van der Waals surface area contributed by atoms with Gasteiger partial charge in [0.25, 0.3) is 0 Å². The number of amides is 1. The van der Waals surface area contributed by atoms with Crippen LogP contribution in [0.25, 0.3) is 0 Å². The lowest BCUT2D eigenvalue weighted by molar-refractivity contribution is -0.159. The van der Waals surface area contributed by atoms with Gasteiger partial charge in [-0.05, 0) is 49.2 Å². The fraction of sp³-hybridized carbons (Fsp3) is 0.423. The maximum Gasteiger partial charge on any atom is 0.414 e. The Labute approximate surface area is 204 Å². The van der Waals surface area contributed by atoms with Crippen LogP contribution in [0.15, 0.2) is 54.6 Å². The van der Waals surface area contributed by atoms with Gasteiger partial charge in [-0.15, -0.1) is 0 Å². The molecule has 2 saturated heterocycles. The number of carboxylic acids is 2. The Morgan fingerprint density at radius 2 is 1.49 bits per heavy atom. The molecular formula is C26H32N2O7. The summed E-state index contributed by atoms with van der Waals surface area (Å²) in [6.07, 6.45) is 1.89. The monoisotopic (exact) mass is 484 g/mol. The van der Waals surface area contributed by atoms with Gasteiger partial charge in [-0.2, -0.15) is 0 Å². The molecule has 1 amide bonds. The van der Waals surface area contributed by atoms with Crippen LogP contribution in [0.1, 0.15) is 24.0 Å². The summed E-state index contributed by atoms with van der Waals surface area (Å²) in [5.41, 5.74) is 2.43. The van der Waals surface area contributed by atoms with Gasteiger partial charge in [-0.3, -0.25) is 9.69 Å². The van der Waals surface area contributed by atoms with Gasteiger partial charge in [0, 0.05) is 25.6 Å². The molecule has 2 aliphatic rings. The molecule has 188 valence electrons. The van der Waals surface area contributed by atoms with E-state index in [2.05, 4.69) is 35.2 Å². The molecule has 0 saturated carbocycles. The van der Waals surface area contributed by atoms with E-state index in [1.165, 1.54) is 11.1 Å². The van der Waals surface area contributed by atoms with E-state index in [1.54, 1.807) is 0 Å². The first-order valence-corrected chi connectivity index (χ1v) is 11.7. The van der Waals surface area contributed by atoms with Crippen molar-refractivity contribution in [3.8, 4) is 5.75 Å². The van der Waals surface area contributed by atoms with Crippen LogP contribution in [0.4, 0.5) is 0 Å². The minimum atomic E-state index is -1.82. The lowest BCUT2D eigenvalue weighted by atomic mass is 9.94. The molecule has 2 aliphatic heterocycles.